The first-order valence-corrected chi connectivity index (χ1v) is 10.9. The van der Waals surface area contributed by atoms with E-state index in [9.17, 15) is 4.39 Å². The average molecular weight is 414 g/mol. The number of aliphatic imine (C=N–C) groups is 1. The summed E-state index contributed by atoms with van der Waals surface area (Å²) in [6.07, 6.45) is 9.61. The SMILES string of the molecule is CN=C(NCC1(c2cccc(F)c2)CCCCC1)N1CCOC(c2cnn(C)c2)C1. The molecule has 30 heavy (non-hydrogen) atoms. The maximum Gasteiger partial charge on any atom is 0.193 e. The highest BCUT2D eigenvalue weighted by atomic mass is 19.1. The van der Waals surface area contributed by atoms with E-state index in [-0.39, 0.29) is 17.3 Å². The molecule has 0 bridgehead atoms. The zero-order chi connectivity index (χ0) is 21.0. The lowest BCUT2D eigenvalue weighted by Gasteiger charge is -2.40. The second kappa shape index (κ2) is 9.16. The lowest BCUT2D eigenvalue weighted by atomic mass is 9.69. The number of guanidine groups is 1. The molecular formula is C23H32FN5O. The van der Waals surface area contributed by atoms with Gasteiger partial charge in [-0.1, -0.05) is 31.4 Å². The van der Waals surface area contributed by atoms with Gasteiger partial charge in [-0.3, -0.25) is 9.67 Å². The summed E-state index contributed by atoms with van der Waals surface area (Å²) < 4.78 is 21.8. The summed E-state index contributed by atoms with van der Waals surface area (Å²) in [4.78, 5) is 6.81. The Kier molecular flexibility index (Phi) is 6.37. The summed E-state index contributed by atoms with van der Waals surface area (Å²) >= 11 is 0. The van der Waals surface area contributed by atoms with Crippen molar-refractivity contribution in [2.75, 3.05) is 33.3 Å². The number of hydrogen-bond donors (Lipinski definition) is 1. The van der Waals surface area contributed by atoms with Crippen LogP contribution in [0.3, 0.4) is 0 Å². The maximum absolute atomic E-state index is 14.0. The van der Waals surface area contributed by atoms with E-state index in [4.69, 9.17) is 4.74 Å². The molecule has 162 valence electrons. The number of nitrogens with zero attached hydrogens (tertiary/aromatic N) is 4. The van der Waals surface area contributed by atoms with E-state index in [0.29, 0.717) is 6.61 Å². The molecular weight excluding hydrogens is 381 g/mol. The van der Waals surface area contributed by atoms with E-state index in [1.165, 1.54) is 25.3 Å². The van der Waals surface area contributed by atoms with Gasteiger partial charge >= 0.3 is 0 Å². The molecule has 2 aliphatic rings. The van der Waals surface area contributed by atoms with Gasteiger partial charge in [-0.15, -0.1) is 0 Å². The normalized spacial score (nSPS) is 22.2. The molecule has 1 atom stereocenters. The van der Waals surface area contributed by atoms with Gasteiger partial charge < -0.3 is 15.0 Å². The standard InChI is InChI=1S/C23H32FN5O/c1-25-22(29-11-12-30-21(16-29)18-14-27-28(2)15-18)26-17-23(9-4-3-5-10-23)19-7-6-8-20(24)13-19/h6-8,13-15,21H,3-5,9-12,16-17H2,1-2H3,(H,25,26). The Morgan fingerprint density at radius 2 is 2.17 bits per heavy atom. The fraction of sp³-hybridized carbons (Fsp3) is 0.565. The van der Waals surface area contributed by atoms with Crippen molar-refractivity contribution in [1.29, 1.82) is 0 Å². The third-order valence-electron chi connectivity index (χ3n) is 6.51. The largest absolute Gasteiger partial charge is 0.370 e. The monoisotopic (exact) mass is 413 g/mol. The van der Waals surface area contributed by atoms with Gasteiger partial charge in [0.25, 0.3) is 0 Å². The van der Waals surface area contributed by atoms with E-state index < -0.39 is 0 Å². The first kappa shape index (κ1) is 20.8. The molecule has 1 aromatic carbocycles. The fourth-order valence-corrected chi connectivity index (χ4v) is 4.84. The van der Waals surface area contributed by atoms with Crippen molar-refractivity contribution in [2.24, 2.45) is 12.0 Å². The van der Waals surface area contributed by atoms with Gasteiger partial charge in [0.15, 0.2) is 5.96 Å². The number of ether oxygens (including phenoxy) is 1. The number of nitrogens with one attached hydrogen (secondary N) is 1. The Morgan fingerprint density at radius 3 is 2.87 bits per heavy atom. The molecule has 0 amide bonds. The quantitative estimate of drug-likeness (QED) is 0.617. The lowest BCUT2D eigenvalue weighted by molar-refractivity contribution is -0.00815. The van der Waals surface area contributed by atoms with Crippen LogP contribution in [0.4, 0.5) is 4.39 Å². The number of benzene rings is 1. The molecule has 2 heterocycles. The molecule has 4 rings (SSSR count). The minimum atomic E-state index is -0.158. The van der Waals surface area contributed by atoms with Gasteiger partial charge in [-0.25, -0.2) is 4.39 Å². The smallest absolute Gasteiger partial charge is 0.193 e. The molecule has 1 unspecified atom stereocenters. The molecule has 2 aromatic rings. The van der Waals surface area contributed by atoms with Crippen LogP contribution in [0.2, 0.25) is 0 Å². The Balaban J connectivity index is 1.47. The number of aryl methyl sites for hydroxylation is 1. The van der Waals surface area contributed by atoms with Crippen LogP contribution in [0.1, 0.15) is 49.3 Å². The average Bonchev–Trinajstić information content (AvgIpc) is 3.21. The van der Waals surface area contributed by atoms with Crippen molar-refractivity contribution in [2.45, 2.75) is 43.6 Å². The highest BCUT2D eigenvalue weighted by Crippen LogP contribution is 2.39. The topological polar surface area (TPSA) is 54.7 Å². The molecule has 1 aromatic heterocycles. The molecule has 1 N–H and O–H groups in total. The molecule has 0 spiro atoms. The minimum Gasteiger partial charge on any atom is -0.370 e. The van der Waals surface area contributed by atoms with E-state index >= 15 is 0 Å². The van der Waals surface area contributed by atoms with E-state index in [1.807, 2.05) is 32.6 Å². The number of rotatable bonds is 4. The Morgan fingerprint density at radius 1 is 1.33 bits per heavy atom. The fourth-order valence-electron chi connectivity index (χ4n) is 4.84. The van der Waals surface area contributed by atoms with Crippen molar-refractivity contribution < 1.29 is 9.13 Å². The van der Waals surface area contributed by atoms with Crippen LogP contribution in [0, 0.1) is 5.82 Å². The van der Waals surface area contributed by atoms with Crippen molar-refractivity contribution >= 4 is 5.96 Å². The molecule has 1 saturated heterocycles. The molecule has 2 fully saturated rings. The van der Waals surface area contributed by atoms with Crippen LogP contribution in [-0.4, -0.2) is 53.9 Å². The Hall–Kier alpha value is -2.41. The minimum absolute atomic E-state index is 0.0159. The number of morpholine rings is 1. The predicted molar refractivity (Wildman–Crippen MR) is 116 cm³/mol. The van der Waals surface area contributed by atoms with E-state index in [1.54, 1.807) is 10.7 Å². The van der Waals surface area contributed by atoms with Gasteiger partial charge in [0.05, 0.1) is 19.3 Å². The van der Waals surface area contributed by atoms with Crippen LogP contribution in [0.15, 0.2) is 41.7 Å². The first-order chi connectivity index (χ1) is 14.6. The van der Waals surface area contributed by atoms with Crippen molar-refractivity contribution in [3.63, 3.8) is 0 Å². The van der Waals surface area contributed by atoms with Gasteiger partial charge in [-0.2, -0.15) is 5.10 Å². The number of halogens is 1. The van der Waals surface area contributed by atoms with Crippen LogP contribution in [0.25, 0.3) is 0 Å². The summed E-state index contributed by atoms with van der Waals surface area (Å²) in [6.45, 7) is 2.94. The highest BCUT2D eigenvalue weighted by Gasteiger charge is 2.35. The highest BCUT2D eigenvalue weighted by molar-refractivity contribution is 5.80. The van der Waals surface area contributed by atoms with Crippen molar-refractivity contribution in [3.05, 3.63) is 53.6 Å². The zero-order valence-electron chi connectivity index (χ0n) is 18.0. The molecule has 7 heteroatoms. The van der Waals surface area contributed by atoms with Crippen LogP contribution in [0.5, 0.6) is 0 Å². The summed E-state index contributed by atoms with van der Waals surface area (Å²) in [5, 5.41) is 7.89. The van der Waals surface area contributed by atoms with Gasteiger partial charge in [-0.05, 0) is 30.5 Å². The molecule has 1 saturated carbocycles. The van der Waals surface area contributed by atoms with Crippen LogP contribution >= 0.6 is 0 Å². The Labute approximate surface area is 178 Å². The summed E-state index contributed by atoms with van der Waals surface area (Å²) in [7, 11) is 3.74. The molecule has 0 radical (unpaired) electrons. The molecule has 6 nitrogen and oxygen atoms in total. The third kappa shape index (κ3) is 4.51. The summed E-state index contributed by atoms with van der Waals surface area (Å²) in [6, 6.07) is 7.14. The second-order valence-electron chi connectivity index (χ2n) is 8.50. The van der Waals surface area contributed by atoms with Crippen molar-refractivity contribution in [1.82, 2.24) is 20.0 Å². The Bertz CT molecular complexity index is 874. The number of aromatic nitrogens is 2. The van der Waals surface area contributed by atoms with Crippen molar-refractivity contribution in [3.8, 4) is 0 Å². The summed E-state index contributed by atoms with van der Waals surface area (Å²) in [5.74, 6) is 0.725. The van der Waals surface area contributed by atoms with Crippen LogP contribution in [-0.2, 0) is 17.2 Å². The zero-order valence-corrected chi connectivity index (χ0v) is 18.0. The summed E-state index contributed by atoms with van der Waals surface area (Å²) in [5.41, 5.74) is 2.13. The predicted octanol–water partition coefficient (Wildman–Crippen LogP) is 3.41. The molecule has 1 aliphatic carbocycles. The van der Waals surface area contributed by atoms with E-state index in [0.717, 1.165) is 49.6 Å². The van der Waals surface area contributed by atoms with Gasteiger partial charge in [0, 0.05) is 44.4 Å². The number of hydrogen-bond acceptors (Lipinski definition) is 3. The van der Waals surface area contributed by atoms with Gasteiger partial charge in [0.2, 0.25) is 0 Å². The van der Waals surface area contributed by atoms with Crippen LogP contribution < -0.4 is 5.32 Å². The van der Waals surface area contributed by atoms with E-state index in [2.05, 4.69) is 26.4 Å². The maximum atomic E-state index is 14.0. The second-order valence-corrected chi connectivity index (χ2v) is 8.50. The molecule has 1 aliphatic heterocycles. The lowest BCUT2D eigenvalue weighted by Crippen LogP contribution is -2.51. The first-order valence-electron chi connectivity index (χ1n) is 10.9. The van der Waals surface area contributed by atoms with Gasteiger partial charge in [0.1, 0.15) is 11.9 Å². The third-order valence-corrected chi connectivity index (χ3v) is 6.51.